The van der Waals surface area contributed by atoms with Gasteiger partial charge in [0.15, 0.2) is 5.76 Å². The van der Waals surface area contributed by atoms with Gasteiger partial charge in [0, 0.05) is 36.8 Å². The third-order valence-electron chi connectivity index (χ3n) is 6.12. The zero-order valence-corrected chi connectivity index (χ0v) is 19.4. The van der Waals surface area contributed by atoms with E-state index in [0.717, 1.165) is 35.5 Å². The zero-order chi connectivity index (χ0) is 23.5. The largest absolute Gasteiger partial charge is 0.426 e. The predicted molar refractivity (Wildman–Crippen MR) is 130 cm³/mol. The molecule has 1 saturated heterocycles. The number of likely N-dealkylation sites (tertiary alicyclic amines) is 1. The van der Waals surface area contributed by atoms with Crippen molar-refractivity contribution in [2.75, 3.05) is 13.1 Å². The summed E-state index contributed by atoms with van der Waals surface area (Å²) in [6.07, 6.45) is 3.79. The standard InChI is InChI=1S/C28H27N3O3/c1-19-8-6-9-21(16-19)24-17-29-20(2)30-27(24)22-10-7-15-31(18-22)28(32)25-13-14-26(34-25)33-23-11-4-3-5-12-23/h3-6,8-9,11-14,16-17,22H,7,10,15,18H2,1-2H3/t22-/m1/s1. The number of aryl methyl sites for hydroxylation is 2. The summed E-state index contributed by atoms with van der Waals surface area (Å²) in [5.41, 5.74) is 4.33. The highest BCUT2D eigenvalue weighted by Gasteiger charge is 2.30. The molecule has 1 atom stereocenters. The van der Waals surface area contributed by atoms with Gasteiger partial charge in [-0.05, 0) is 50.5 Å². The van der Waals surface area contributed by atoms with E-state index in [4.69, 9.17) is 14.1 Å². The van der Waals surface area contributed by atoms with E-state index < -0.39 is 0 Å². The maximum Gasteiger partial charge on any atom is 0.290 e. The molecule has 0 N–H and O–H groups in total. The molecule has 1 aliphatic rings. The lowest BCUT2D eigenvalue weighted by atomic mass is 9.89. The Hall–Kier alpha value is -3.93. The van der Waals surface area contributed by atoms with E-state index in [9.17, 15) is 4.79 Å². The first-order valence-electron chi connectivity index (χ1n) is 11.6. The molecule has 1 fully saturated rings. The molecule has 4 aromatic rings. The van der Waals surface area contributed by atoms with Crippen LogP contribution in [0.1, 0.15) is 46.4 Å². The summed E-state index contributed by atoms with van der Waals surface area (Å²) in [6.45, 7) is 5.27. The second-order valence-corrected chi connectivity index (χ2v) is 8.71. The third kappa shape index (κ3) is 4.71. The van der Waals surface area contributed by atoms with Crippen LogP contribution in [-0.2, 0) is 0 Å². The Morgan fingerprint density at radius 3 is 2.74 bits per heavy atom. The fraction of sp³-hybridized carbons (Fsp3) is 0.250. The molecular weight excluding hydrogens is 426 g/mol. The molecule has 0 bridgehead atoms. The van der Waals surface area contributed by atoms with Gasteiger partial charge in [-0.15, -0.1) is 0 Å². The molecule has 1 aliphatic heterocycles. The number of rotatable bonds is 5. The number of hydrogen-bond donors (Lipinski definition) is 0. The molecule has 0 saturated carbocycles. The number of carbonyl (C=O) groups is 1. The van der Waals surface area contributed by atoms with Crippen LogP contribution in [0.5, 0.6) is 11.7 Å². The van der Waals surface area contributed by atoms with Crippen molar-refractivity contribution in [1.82, 2.24) is 14.9 Å². The predicted octanol–water partition coefficient (Wildman–Crippen LogP) is 6.17. The minimum atomic E-state index is -0.129. The highest BCUT2D eigenvalue weighted by atomic mass is 16.6. The number of nitrogens with zero attached hydrogens (tertiary/aromatic N) is 3. The quantitative estimate of drug-likeness (QED) is 0.362. The number of piperidine rings is 1. The molecule has 2 aromatic carbocycles. The van der Waals surface area contributed by atoms with Gasteiger partial charge < -0.3 is 14.1 Å². The number of hydrogen-bond acceptors (Lipinski definition) is 5. The van der Waals surface area contributed by atoms with Crippen molar-refractivity contribution in [2.45, 2.75) is 32.6 Å². The van der Waals surface area contributed by atoms with E-state index in [2.05, 4.69) is 36.2 Å². The number of amides is 1. The maximum atomic E-state index is 13.3. The number of aromatic nitrogens is 2. The monoisotopic (exact) mass is 453 g/mol. The summed E-state index contributed by atoms with van der Waals surface area (Å²) in [5, 5.41) is 0. The Kier molecular flexibility index (Phi) is 6.12. The second kappa shape index (κ2) is 9.51. The second-order valence-electron chi connectivity index (χ2n) is 8.71. The van der Waals surface area contributed by atoms with Crippen LogP contribution in [0.25, 0.3) is 11.1 Å². The van der Waals surface area contributed by atoms with E-state index in [-0.39, 0.29) is 17.6 Å². The first-order valence-corrected chi connectivity index (χ1v) is 11.6. The average molecular weight is 454 g/mol. The number of furan rings is 1. The molecule has 34 heavy (non-hydrogen) atoms. The molecule has 0 radical (unpaired) electrons. The van der Waals surface area contributed by atoms with Crippen LogP contribution in [0.2, 0.25) is 0 Å². The Morgan fingerprint density at radius 1 is 1.06 bits per heavy atom. The first kappa shape index (κ1) is 21.9. The Morgan fingerprint density at radius 2 is 1.91 bits per heavy atom. The van der Waals surface area contributed by atoms with Crippen LogP contribution in [0, 0.1) is 13.8 Å². The fourth-order valence-corrected chi connectivity index (χ4v) is 4.47. The molecule has 0 spiro atoms. The lowest BCUT2D eigenvalue weighted by Crippen LogP contribution is -2.39. The molecule has 172 valence electrons. The van der Waals surface area contributed by atoms with E-state index in [0.29, 0.717) is 24.8 Å². The molecule has 6 heteroatoms. The zero-order valence-electron chi connectivity index (χ0n) is 19.4. The normalized spacial score (nSPS) is 15.8. The number of benzene rings is 2. The lowest BCUT2D eigenvalue weighted by Gasteiger charge is -2.32. The van der Waals surface area contributed by atoms with Gasteiger partial charge in [0.1, 0.15) is 11.6 Å². The van der Waals surface area contributed by atoms with Gasteiger partial charge in [0.2, 0.25) is 0 Å². The highest BCUT2D eigenvalue weighted by molar-refractivity contribution is 5.91. The summed E-state index contributed by atoms with van der Waals surface area (Å²) < 4.78 is 11.4. The van der Waals surface area contributed by atoms with Crippen molar-refractivity contribution in [3.8, 4) is 22.8 Å². The van der Waals surface area contributed by atoms with Crippen LogP contribution >= 0.6 is 0 Å². The summed E-state index contributed by atoms with van der Waals surface area (Å²) in [6, 6.07) is 21.1. The molecule has 0 aliphatic carbocycles. The van der Waals surface area contributed by atoms with Gasteiger partial charge in [-0.1, -0.05) is 48.0 Å². The SMILES string of the molecule is Cc1cccc(-c2cnc(C)nc2[C@@H]2CCCN(C(=O)c3ccc(Oc4ccccc4)o3)C2)c1. The maximum absolute atomic E-state index is 13.3. The minimum absolute atomic E-state index is 0.129. The third-order valence-corrected chi connectivity index (χ3v) is 6.12. The van der Waals surface area contributed by atoms with Crippen molar-refractivity contribution in [1.29, 1.82) is 0 Å². The topological polar surface area (TPSA) is 68.5 Å². The van der Waals surface area contributed by atoms with Gasteiger partial charge in [0.25, 0.3) is 11.9 Å². The van der Waals surface area contributed by atoms with Crippen LogP contribution in [0.4, 0.5) is 0 Å². The van der Waals surface area contributed by atoms with Crippen LogP contribution in [0.3, 0.4) is 0 Å². The van der Waals surface area contributed by atoms with Crippen molar-refractivity contribution in [3.63, 3.8) is 0 Å². The van der Waals surface area contributed by atoms with Crippen LogP contribution in [0.15, 0.2) is 77.3 Å². The van der Waals surface area contributed by atoms with Gasteiger partial charge >= 0.3 is 0 Å². The van der Waals surface area contributed by atoms with Gasteiger partial charge in [0.05, 0.1) is 5.69 Å². The first-order chi connectivity index (χ1) is 16.6. The van der Waals surface area contributed by atoms with Gasteiger partial charge in [-0.3, -0.25) is 4.79 Å². The summed E-state index contributed by atoms with van der Waals surface area (Å²) in [7, 11) is 0. The molecule has 5 rings (SSSR count). The molecule has 2 aromatic heterocycles. The van der Waals surface area contributed by atoms with E-state index in [1.807, 2.05) is 48.4 Å². The van der Waals surface area contributed by atoms with Crippen LogP contribution in [-0.4, -0.2) is 33.9 Å². The summed E-state index contributed by atoms with van der Waals surface area (Å²) in [5.74, 6) is 1.99. The summed E-state index contributed by atoms with van der Waals surface area (Å²) in [4.78, 5) is 24.4. The van der Waals surface area contributed by atoms with E-state index in [1.54, 1.807) is 12.1 Å². The highest BCUT2D eigenvalue weighted by Crippen LogP contribution is 2.34. The van der Waals surface area contributed by atoms with Crippen molar-refractivity contribution >= 4 is 5.91 Å². The smallest absolute Gasteiger partial charge is 0.290 e. The molecule has 1 amide bonds. The molecule has 6 nitrogen and oxygen atoms in total. The molecular formula is C28H27N3O3. The van der Waals surface area contributed by atoms with Crippen molar-refractivity contribution < 1.29 is 13.9 Å². The van der Waals surface area contributed by atoms with Gasteiger partial charge in [-0.2, -0.15) is 0 Å². The van der Waals surface area contributed by atoms with Crippen LogP contribution < -0.4 is 4.74 Å². The minimum Gasteiger partial charge on any atom is -0.426 e. The molecule has 0 unspecified atom stereocenters. The van der Waals surface area contributed by atoms with E-state index >= 15 is 0 Å². The lowest BCUT2D eigenvalue weighted by molar-refractivity contribution is 0.0669. The van der Waals surface area contributed by atoms with E-state index in [1.165, 1.54) is 5.56 Å². The Bertz CT molecular complexity index is 1300. The summed E-state index contributed by atoms with van der Waals surface area (Å²) >= 11 is 0. The van der Waals surface area contributed by atoms with Crippen molar-refractivity contribution in [3.05, 3.63) is 95.8 Å². The Balaban J connectivity index is 1.36. The van der Waals surface area contributed by atoms with Gasteiger partial charge in [-0.25, -0.2) is 9.97 Å². The number of para-hydroxylation sites is 1. The van der Waals surface area contributed by atoms with Crippen molar-refractivity contribution in [2.24, 2.45) is 0 Å². The number of carbonyl (C=O) groups excluding carboxylic acids is 1. The fourth-order valence-electron chi connectivity index (χ4n) is 4.47. The average Bonchev–Trinajstić information content (AvgIpc) is 3.32. The number of ether oxygens (including phenoxy) is 1. The Labute approximate surface area is 199 Å². The molecule has 3 heterocycles.